The molecule has 0 radical (unpaired) electrons. The SMILES string of the molecule is Brc1ccccc1C1CC12CCNCC2. The lowest BCUT2D eigenvalue weighted by atomic mass is 9.90. The fraction of sp³-hybridized carbons (Fsp3) is 0.538. The molecule has 0 amide bonds. The van der Waals surface area contributed by atoms with E-state index in [0.717, 1.165) is 5.92 Å². The van der Waals surface area contributed by atoms with Gasteiger partial charge in [-0.1, -0.05) is 34.1 Å². The maximum Gasteiger partial charge on any atom is 0.0210 e. The van der Waals surface area contributed by atoms with Gasteiger partial charge in [-0.05, 0) is 55.3 Å². The van der Waals surface area contributed by atoms with Gasteiger partial charge in [-0.15, -0.1) is 0 Å². The largest absolute Gasteiger partial charge is 0.317 e. The number of piperidine rings is 1. The van der Waals surface area contributed by atoms with Crippen LogP contribution in [0.1, 0.15) is 30.7 Å². The highest BCUT2D eigenvalue weighted by Crippen LogP contribution is 2.65. The first kappa shape index (κ1) is 9.86. The zero-order valence-corrected chi connectivity index (χ0v) is 10.4. The van der Waals surface area contributed by atoms with Crippen molar-refractivity contribution in [2.75, 3.05) is 13.1 Å². The molecule has 1 N–H and O–H groups in total. The Morgan fingerprint density at radius 3 is 2.67 bits per heavy atom. The third kappa shape index (κ3) is 1.64. The molecule has 1 spiro atoms. The van der Waals surface area contributed by atoms with Gasteiger partial charge >= 0.3 is 0 Å². The molecule has 1 saturated carbocycles. The van der Waals surface area contributed by atoms with Gasteiger partial charge in [0, 0.05) is 4.47 Å². The second-order valence-corrected chi connectivity index (χ2v) is 5.74. The molecule has 2 aliphatic rings. The minimum absolute atomic E-state index is 0.648. The molecule has 1 aliphatic heterocycles. The van der Waals surface area contributed by atoms with Gasteiger partial charge in [0.15, 0.2) is 0 Å². The average molecular weight is 266 g/mol. The summed E-state index contributed by atoms with van der Waals surface area (Å²) in [5, 5.41) is 3.46. The van der Waals surface area contributed by atoms with Crippen LogP contribution in [-0.4, -0.2) is 13.1 Å². The predicted molar refractivity (Wildman–Crippen MR) is 66.0 cm³/mol. The van der Waals surface area contributed by atoms with Crippen molar-refractivity contribution in [1.29, 1.82) is 0 Å². The Balaban J connectivity index is 1.84. The Morgan fingerprint density at radius 2 is 1.93 bits per heavy atom. The Kier molecular flexibility index (Phi) is 2.37. The summed E-state index contributed by atoms with van der Waals surface area (Å²) in [4.78, 5) is 0. The zero-order chi connectivity index (χ0) is 10.3. The maximum absolute atomic E-state index is 3.67. The van der Waals surface area contributed by atoms with Crippen LogP contribution in [0.15, 0.2) is 28.7 Å². The van der Waals surface area contributed by atoms with Crippen LogP contribution in [0, 0.1) is 5.41 Å². The standard InChI is InChI=1S/C13H16BrN/c14-12-4-2-1-3-10(12)11-9-13(11)5-7-15-8-6-13/h1-4,11,15H,5-9H2. The van der Waals surface area contributed by atoms with Crippen LogP contribution in [0.4, 0.5) is 0 Å². The molecule has 1 unspecified atom stereocenters. The summed E-state index contributed by atoms with van der Waals surface area (Å²) in [7, 11) is 0. The van der Waals surface area contributed by atoms with Gasteiger partial charge in [0.1, 0.15) is 0 Å². The lowest BCUT2D eigenvalue weighted by Crippen LogP contribution is -2.29. The van der Waals surface area contributed by atoms with Crippen molar-refractivity contribution in [2.45, 2.75) is 25.2 Å². The lowest BCUT2D eigenvalue weighted by molar-refractivity contribution is 0.342. The molecule has 1 aliphatic carbocycles. The van der Waals surface area contributed by atoms with Crippen LogP contribution < -0.4 is 5.32 Å². The molecular weight excluding hydrogens is 250 g/mol. The van der Waals surface area contributed by atoms with Crippen LogP contribution in [0.2, 0.25) is 0 Å². The quantitative estimate of drug-likeness (QED) is 0.822. The molecule has 1 heterocycles. The van der Waals surface area contributed by atoms with Crippen LogP contribution in [0.25, 0.3) is 0 Å². The molecule has 1 aromatic rings. The summed E-state index contributed by atoms with van der Waals surface area (Å²) in [6, 6.07) is 8.71. The van der Waals surface area contributed by atoms with E-state index in [2.05, 4.69) is 45.5 Å². The highest BCUT2D eigenvalue weighted by Gasteiger charge is 2.54. The second-order valence-electron chi connectivity index (χ2n) is 4.89. The summed E-state index contributed by atoms with van der Waals surface area (Å²) in [6.07, 6.45) is 4.12. The summed E-state index contributed by atoms with van der Waals surface area (Å²) in [5.41, 5.74) is 2.18. The summed E-state index contributed by atoms with van der Waals surface area (Å²) >= 11 is 3.67. The molecule has 1 atom stereocenters. The Hall–Kier alpha value is -0.340. The van der Waals surface area contributed by atoms with Crippen LogP contribution >= 0.6 is 15.9 Å². The smallest absolute Gasteiger partial charge is 0.0210 e. The van der Waals surface area contributed by atoms with Gasteiger partial charge in [0.25, 0.3) is 0 Å². The van der Waals surface area contributed by atoms with Crippen molar-refractivity contribution in [3.8, 4) is 0 Å². The van der Waals surface area contributed by atoms with Crippen LogP contribution in [-0.2, 0) is 0 Å². The van der Waals surface area contributed by atoms with Crippen molar-refractivity contribution in [1.82, 2.24) is 5.32 Å². The summed E-state index contributed by atoms with van der Waals surface area (Å²) in [5.74, 6) is 0.815. The first-order chi connectivity index (χ1) is 7.32. The van der Waals surface area contributed by atoms with E-state index < -0.39 is 0 Å². The first-order valence-electron chi connectivity index (χ1n) is 5.77. The van der Waals surface area contributed by atoms with E-state index in [0.29, 0.717) is 5.41 Å². The van der Waals surface area contributed by atoms with Gasteiger partial charge in [0.2, 0.25) is 0 Å². The number of hydrogen-bond acceptors (Lipinski definition) is 1. The fourth-order valence-corrected chi connectivity index (χ4v) is 3.58. The molecule has 1 aromatic carbocycles. The van der Waals surface area contributed by atoms with Crippen molar-refractivity contribution in [3.63, 3.8) is 0 Å². The van der Waals surface area contributed by atoms with Crippen LogP contribution in [0.5, 0.6) is 0 Å². The molecule has 1 saturated heterocycles. The second kappa shape index (κ2) is 3.60. The van der Waals surface area contributed by atoms with Crippen LogP contribution in [0.3, 0.4) is 0 Å². The van der Waals surface area contributed by atoms with Gasteiger partial charge < -0.3 is 5.32 Å². The molecule has 0 aromatic heterocycles. The van der Waals surface area contributed by atoms with E-state index in [1.807, 2.05) is 0 Å². The normalized spacial score (nSPS) is 27.9. The monoisotopic (exact) mass is 265 g/mol. The van der Waals surface area contributed by atoms with E-state index in [4.69, 9.17) is 0 Å². The van der Waals surface area contributed by atoms with Gasteiger partial charge in [-0.25, -0.2) is 0 Å². The minimum Gasteiger partial charge on any atom is -0.317 e. The minimum atomic E-state index is 0.648. The van der Waals surface area contributed by atoms with E-state index in [-0.39, 0.29) is 0 Å². The topological polar surface area (TPSA) is 12.0 Å². The molecular formula is C13H16BrN. The summed E-state index contributed by atoms with van der Waals surface area (Å²) < 4.78 is 1.30. The van der Waals surface area contributed by atoms with Crippen molar-refractivity contribution >= 4 is 15.9 Å². The molecule has 1 nitrogen and oxygen atoms in total. The Labute approximate surface area is 99.4 Å². The zero-order valence-electron chi connectivity index (χ0n) is 8.80. The third-order valence-corrected chi connectivity index (χ3v) is 4.79. The van der Waals surface area contributed by atoms with Crippen molar-refractivity contribution in [2.24, 2.45) is 5.41 Å². The maximum atomic E-state index is 3.67. The molecule has 2 fully saturated rings. The van der Waals surface area contributed by atoms with E-state index >= 15 is 0 Å². The Bertz CT molecular complexity index is 369. The number of rotatable bonds is 1. The Morgan fingerprint density at radius 1 is 1.20 bits per heavy atom. The molecule has 2 heteroatoms. The fourth-order valence-electron chi connectivity index (χ4n) is 3.02. The highest BCUT2D eigenvalue weighted by molar-refractivity contribution is 9.10. The van der Waals surface area contributed by atoms with Gasteiger partial charge in [0.05, 0.1) is 0 Å². The van der Waals surface area contributed by atoms with E-state index in [1.165, 1.54) is 42.4 Å². The van der Waals surface area contributed by atoms with Gasteiger partial charge in [-0.3, -0.25) is 0 Å². The van der Waals surface area contributed by atoms with E-state index in [9.17, 15) is 0 Å². The first-order valence-corrected chi connectivity index (χ1v) is 6.56. The third-order valence-electron chi connectivity index (χ3n) is 4.07. The van der Waals surface area contributed by atoms with Crippen molar-refractivity contribution in [3.05, 3.63) is 34.3 Å². The highest BCUT2D eigenvalue weighted by atomic mass is 79.9. The molecule has 15 heavy (non-hydrogen) atoms. The van der Waals surface area contributed by atoms with Gasteiger partial charge in [-0.2, -0.15) is 0 Å². The number of halogens is 1. The lowest BCUT2D eigenvalue weighted by Gasteiger charge is -2.23. The molecule has 0 bridgehead atoms. The number of hydrogen-bond donors (Lipinski definition) is 1. The summed E-state index contributed by atoms with van der Waals surface area (Å²) in [6.45, 7) is 2.42. The average Bonchev–Trinajstić information content (AvgIpc) is 2.94. The molecule has 3 rings (SSSR count). The van der Waals surface area contributed by atoms with Crippen molar-refractivity contribution < 1.29 is 0 Å². The number of benzene rings is 1. The number of nitrogens with one attached hydrogen (secondary N) is 1. The van der Waals surface area contributed by atoms with E-state index in [1.54, 1.807) is 0 Å². The molecule has 80 valence electrons. The predicted octanol–water partition coefficient (Wildman–Crippen LogP) is 3.31.